The number of rotatable bonds is 1. The number of hydrogen-bond donors (Lipinski definition) is 0. The Morgan fingerprint density at radius 2 is 2.33 bits per heavy atom. The number of ether oxygens (including phenoxy) is 1. The number of carbonyl (C=O) groups is 2. The molecule has 1 rings (SSSR count). The Balaban J connectivity index is 2.85. The van der Waals surface area contributed by atoms with E-state index in [4.69, 9.17) is 0 Å². The monoisotopic (exact) mass is 167 g/mol. The van der Waals surface area contributed by atoms with E-state index in [-0.39, 0.29) is 17.9 Å². The molecule has 0 saturated heterocycles. The molecule has 0 radical (unpaired) electrons. The van der Waals surface area contributed by atoms with E-state index in [0.717, 1.165) is 0 Å². The molecule has 0 aromatic carbocycles. The average Bonchev–Trinajstić information content (AvgIpc) is 2.08. The maximum atomic E-state index is 10.9. The lowest BCUT2D eigenvalue weighted by Crippen LogP contribution is -2.16. The van der Waals surface area contributed by atoms with Crippen LogP contribution >= 0.6 is 0 Å². The van der Waals surface area contributed by atoms with Gasteiger partial charge < -0.3 is 4.74 Å². The number of esters is 1. The van der Waals surface area contributed by atoms with Gasteiger partial charge in [-0.1, -0.05) is 0 Å². The fraction of sp³-hybridized carbons (Fsp3) is 0.375. The van der Waals surface area contributed by atoms with Crippen LogP contribution in [0, 0.1) is 0 Å². The van der Waals surface area contributed by atoms with Gasteiger partial charge in [-0.25, -0.2) is 9.79 Å². The molecule has 4 nitrogen and oxygen atoms in total. The van der Waals surface area contributed by atoms with Crippen molar-refractivity contribution >= 4 is 17.5 Å². The molecule has 0 saturated carbocycles. The van der Waals surface area contributed by atoms with Gasteiger partial charge in [-0.2, -0.15) is 0 Å². The summed E-state index contributed by atoms with van der Waals surface area (Å²) in [5.41, 5.74) is 0.576. The summed E-state index contributed by atoms with van der Waals surface area (Å²) >= 11 is 0. The maximum Gasteiger partial charge on any atom is 0.356 e. The molecule has 0 aliphatic carbocycles. The Morgan fingerprint density at radius 3 is 2.83 bits per heavy atom. The summed E-state index contributed by atoms with van der Waals surface area (Å²) in [7, 11) is 1.28. The molecule has 0 amide bonds. The number of aliphatic imine (C=N–C) groups is 1. The summed E-state index contributed by atoms with van der Waals surface area (Å²) in [6.07, 6.45) is 1.71. The van der Waals surface area contributed by atoms with Crippen LogP contribution in [-0.2, 0) is 14.3 Å². The van der Waals surface area contributed by atoms with E-state index >= 15 is 0 Å². The minimum atomic E-state index is -0.498. The summed E-state index contributed by atoms with van der Waals surface area (Å²) in [5, 5.41) is 0. The molecule has 0 bridgehead atoms. The molecular weight excluding hydrogens is 158 g/mol. The minimum Gasteiger partial charge on any atom is -0.464 e. The van der Waals surface area contributed by atoms with Crippen molar-refractivity contribution in [2.45, 2.75) is 13.3 Å². The second-order valence-corrected chi connectivity index (χ2v) is 2.41. The number of hydrogen-bond acceptors (Lipinski definition) is 4. The highest BCUT2D eigenvalue weighted by molar-refractivity contribution is 6.40. The first-order valence-corrected chi connectivity index (χ1v) is 3.52. The SMILES string of the molecule is COC(=O)C1=CCC(=O)C(C)=N1. The van der Waals surface area contributed by atoms with E-state index in [1.807, 2.05) is 0 Å². The predicted molar refractivity (Wildman–Crippen MR) is 42.8 cm³/mol. The molecule has 0 atom stereocenters. The summed E-state index contributed by atoms with van der Waals surface area (Å²) in [5.74, 6) is -0.551. The van der Waals surface area contributed by atoms with Gasteiger partial charge in [0, 0.05) is 6.42 Å². The van der Waals surface area contributed by atoms with E-state index in [0.29, 0.717) is 5.71 Å². The molecule has 12 heavy (non-hydrogen) atoms. The molecular formula is C8H9NO3. The Morgan fingerprint density at radius 1 is 1.67 bits per heavy atom. The highest BCUT2D eigenvalue weighted by atomic mass is 16.5. The van der Waals surface area contributed by atoms with Crippen LogP contribution in [0.15, 0.2) is 16.8 Å². The molecule has 0 unspecified atom stereocenters. The Bertz CT molecular complexity index is 289. The third-order valence-electron chi connectivity index (χ3n) is 1.57. The lowest BCUT2D eigenvalue weighted by Gasteiger charge is -2.06. The second-order valence-electron chi connectivity index (χ2n) is 2.41. The second kappa shape index (κ2) is 3.30. The zero-order valence-electron chi connectivity index (χ0n) is 6.96. The van der Waals surface area contributed by atoms with E-state index < -0.39 is 5.97 Å². The van der Waals surface area contributed by atoms with Crippen molar-refractivity contribution in [1.29, 1.82) is 0 Å². The fourth-order valence-electron chi connectivity index (χ4n) is 0.859. The van der Waals surface area contributed by atoms with E-state index in [9.17, 15) is 9.59 Å². The predicted octanol–water partition coefficient (Wildman–Crippen LogP) is 0.477. The lowest BCUT2D eigenvalue weighted by atomic mass is 10.1. The number of ketones is 1. The molecule has 0 fully saturated rings. The smallest absolute Gasteiger partial charge is 0.356 e. The first kappa shape index (κ1) is 8.64. The van der Waals surface area contributed by atoms with Gasteiger partial charge in [0.1, 0.15) is 5.70 Å². The molecule has 1 aliphatic heterocycles. The molecule has 0 spiro atoms. The van der Waals surface area contributed by atoms with Crippen molar-refractivity contribution in [1.82, 2.24) is 0 Å². The van der Waals surface area contributed by atoms with Gasteiger partial charge in [0.2, 0.25) is 0 Å². The number of Topliss-reactive ketones (excluding diaryl/α,β-unsaturated/α-hetero) is 1. The van der Waals surface area contributed by atoms with Crippen molar-refractivity contribution in [3.8, 4) is 0 Å². The number of allylic oxidation sites excluding steroid dienone is 1. The molecule has 4 heteroatoms. The van der Waals surface area contributed by atoms with Gasteiger partial charge in [-0.15, -0.1) is 0 Å². The van der Waals surface area contributed by atoms with Gasteiger partial charge in [-0.05, 0) is 13.0 Å². The van der Waals surface area contributed by atoms with E-state index in [1.54, 1.807) is 6.92 Å². The Hall–Kier alpha value is -1.45. The summed E-state index contributed by atoms with van der Waals surface area (Å²) in [6, 6.07) is 0. The Kier molecular flexibility index (Phi) is 2.38. The third-order valence-corrected chi connectivity index (χ3v) is 1.57. The quantitative estimate of drug-likeness (QED) is 0.533. The van der Waals surface area contributed by atoms with Crippen LogP contribution in [0.2, 0.25) is 0 Å². The molecule has 1 heterocycles. The van der Waals surface area contributed by atoms with Crippen molar-refractivity contribution in [2.24, 2.45) is 4.99 Å². The highest BCUT2D eigenvalue weighted by Crippen LogP contribution is 2.09. The molecule has 0 N–H and O–H groups in total. The summed E-state index contributed by atoms with van der Waals surface area (Å²) in [6.45, 7) is 1.58. The molecule has 0 aromatic heterocycles. The zero-order chi connectivity index (χ0) is 9.14. The lowest BCUT2D eigenvalue weighted by molar-refractivity contribution is -0.136. The standard InChI is InChI=1S/C8H9NO3/c1-5-7(10)4-3-6(9-5)8(11)12-2/h3H,4H2,1-2H3. The number of methoxy groups -OCH3 is 1. The summed E-state index contributed by atoms with van der Waals surface area (Å²) in [4.78, 5) is 25.6. The van der Waals surface area contributed by atoms with Crippen molar-refractivity contribution in [3.63, 3.8) is 0 Å². The molecule has 0 aromatic rings. The van der Waals surface area contributed by atoms with Crippen LogP contribution in [-0.4, -0.2) is 24.6 Å². The van der Waals surface area contributed by atoms with Gasteiger partial charge in [0.15, 0.2) is 5.78 Å². The van der Waals surface area contributed by atoms with Crippen LogP contribution in [0.25, 0.3) is 0 Å². The zero-order valence-corrected chi connectivity index (χ0v) is 6.96. The van der Waals surface area contributed by atoms with Crippen LogP contribution in [0.3, 0.4) is 0 Å². The highest BCUT2D eigenvalue weighted by Gasteiger charge is 2.16. The normalized spacial score (nSPS) is 16.7. The van der Waals surface area contributed by atoms with Crippen LogP contribution in [0.1, 0.15) is 13.3 Å². The van der Waals surface area contributed by atoms with Crippen molar-refractivity contribution in [3.05, 3.63) is 11.8 Å². The molecule has 1 aliphatic rings. The first-order valence-electron chi connectivity index (χ1n) is 3.52. The maximum absolute atomic E-state index is 10.9. The van der Waals surface area contributed by atoms with Gasteiger partial charge in [0.25, 0.3) is 0 Å². The van der Waals surface area contributed by atoms with Crippen LogP contribution in [0.4, 0.5) is 0 Å². The van der Waals surface area contributed by atoms with Crippen LogP contribution < -0.4 is 0 Å². The average molecular weight is 167 g/mol. The minimum absolute atomic E-state index is 0.0531. The fourth-order valence-corrected chi connectivity index (χ4v) is 0.859. The van der Waals surface area contributed by atoms with Crippen LogP contribution in [0.5, 0.6) is 0 Å². The third kappa shape index (κ3) is 1.58. The van der Waals surface area contributed by atoms with Crippen molar-refractivity contribution < 1.29 is 14.3 Å². The Labute approximate surface area is 69.9 Å². The largest absolute Gasteiger partial charge is 0.464 e. The van der Waals surface area contributed by atoms with E-state index in [1.165, 1.54) is 13.2 Å². The van der Waals surface area contributed by atoms with E-state index in [2.05, 4.69) is 9.73 Å². The number of carbonyl (C=O) groups excluding carboxylic acids is 2. The van der Waals surface area contributed by atoms with Crippen molar-refractivity contribution in [2.75, 3.05) is 7.11 Å². The number of nitrogens with zero attached hydrogens (tertiary/aromatic N) is 1. The topological polar surface area (TPSA) is 55.7 Å². The summed E-state index contributed by atoms with van der Waals surface area (Å²) < 4.78 is 4.45. The van der Waals surface area contributed by atoms with Gasteiger partial charge in [0.05, 0.1) is 12.8 Å². The first-order chi connectivity index (χ1) is 5.65. The van der Waals surface area contributed by atoms with Gasteiger partial charge >= 0.3 is 5.97 Å². The molecule has 64 valence electrons. The van der Waals surface area contributed by atoms with Gasteiger partial charge in [-0.3, -0.25) is 4.79 Å².